The highest BCUT2D eigenvalue weighted by Crippen LogP contribution is 2.33. The van der Waals surface area contributed by atoms with Crippen molar-refractivity contribution < 1.29 is 14.4 Å². The molecule has 3 N–H and O–H groups in total. The minimum atomic E-state index is -0.0625. The topological polar surface area (TPSA) is 87.3 Å². The third kappa shape index (κ3) is 4.54. The highest BCUT2D eigenvalue weighted by Gasteiger charge is 2.42. The van der Waals surface area contributed by atoms with Crippen molar-refractivity contribution in [3.63, 3.8) is 0 Å². The molecule has 0 unspecified atom stereocenters. The third-order valence-electron chi connectivity index (χ3n) is 4.63. The zero-order chi connectivity index (χ0) is 17.8. The average Bonchev–Trinajstić information content (AvgIpc) is 3.11. The lowest BCUT2D eigenvalue weighted by atomic mass is 10.0. The van der Waals surface area contributed by atoms with Crippen LogP contribution in [-0.4, -0.2) is 40.8 Å². The second kappa shape index (κ2) is 7.91. The number of amides is 3. The summed E-state index contributed by atoms with van der Waals surface area (Å²) in [6.45, 7) is 1.51. The van der Waals surface area contributed by atoms with E-state index in [2.05, 4.69) is 16.0 Å². The molecule has 1 aromatic rings. The summed E-state index contributed by atoms with van der Waals surface area (Å²) in [5.74, 6) is 0.909. The summed E-state index contributed by atoms with van der Waals surface area (Å²) in [4.78, 5) is 34.8. The molecule has 2 aliphatic rings. The van der Waals surface area contributed by atoms with Gasteiger partial charge in [0.1, 0.15) is 0 Å². The number of rotatable bonds is 7. The van der Waals surface area contributed by atoms with Gasteiger partial charge in [-0.3, -0.25) is 9.59 Å². The van der Waals surface area contributed by atoms with E-state index >= 15 is 0 Å². The predicted octanol–water partition coefficient (Wildman–Crippen LogP) is 2.55. The number of carbonyl (C=O) groups excluding carboxylic acids is 3. The van der Waals surface area contributed by atoms with Crippen LogP contribution in [0.4, 0.5) is 10.5 Å². The molecule has 2 fully saturated rings. The molecule has 7 heteroatoms. The Labute approximate surface area is 151 Å². The molecule has 3 amide bonds. The number of benzene rings is 1. The van der Waals surface area contributed by atoms with Crippen molar-refractivity contribution >= 4 is 35.2 Å². The van der Waals surface area contributed by atoms with Crippen molar-refractivity contribution in [3.8, 4) is 0 Å². The summed E-state index contributed by atoms with van der Waals surface area (Å²) in [7, 11) is 0. The summed E-state index contributed by atoms with van der Waals surface area (Å²) in [6, 6.07) is 7.40. The predicted molar refractivity (Wildman–Crippen MR) is 99.0 cm³/mol. The Morgan fingerprint density at radius 3 is 2.92 bits per heavy atom. The molecular formula is C18H23N3O3S. The number of unbranched alkanes of at least 4 members (excludes halogenated alkanes) is 1. The van der Waals surface area contributed by atoms with E-state index in [1.807, 2.05) is 11.8 Å². The summed E-state index contributed by atoms with van der Waals surface area (Å²) >= 11 is 1.89. The van der Waals surface area contributed by atoms with Gasteiger partial charge in [0.05, 0.1) is 12.1 Å². The molecule has 2 heterocycles. The van der Waals surface area contributed by atoms with E-state index < -0.39 is 0 Å². The normalized spacial score (nSPS) is 24.4. The van der Waals surface area contributed by atoms with Crippen LogP contribution in [0.5, 0.6) is 0 Å². The molecule has 0 saturated carbocycles. The van der Waals surface area contributed by atoms with Crippen LogP contribution in [0.25, 0.3) is 0 Å². The summed E-state index contributed by atoms with van der Waals surface area (Å²) in [5.41, 5.74) is 1.25. The first-order chi connectivity index (χ1) is 12.0. The Morgan fingerprint density at radius 1 is 1.28 bits per heavy atom. The van der Waals surface area contributed by atoms with Crippen molar-refractivity contribution in [2.45, 2.75) is 49.9 Å². The van der Waals surface area contributed by atoms with Gasteiger partial charge in [-0.15, -0.1) is 0 Å². The highest BCUT2D eigenvalue weighted by molar-refractivity contribution is 8.00. The van der Waals surface area contributed by atoms with E-state index in [0.717, 1.165) is 25.0 Å². The number of anilines is 1. The van der Waals surface area contributed by atoms with Crippen molar-refractivity contribution in [1.29, 1.82) is 0 Å². The molecule has 0 spiro atoms. The Bertz CT molecular complexity index is 679. The average molecular weight is 361 g/mol. The zero-order valence-corrected chi connectivity index (χ0v) is 15.0. The third-order valence-corrected chi connectivity index (χ3v) is 6.14. The van der Waals surface area contributed by atoms with Crippen LogP contribution in [-0.2, 0) is 4.79 Å². The van der Waals surface area contributed by atoms with Crippen LogP contribution in [0.3, 0.4) is 0 Å². The molecular weight excluding hydrogens is 338 g/mol. The fourth-order valence-electron chi connectivity index (χ4n) is 3.31. The quantitative estimate of drug-likeness (QED) is 0.396. The maximum Gasteiger partial charge on any atom is 0.315 e. The van der Waals surface area contributed by atoms with Crippen LogP contribution in [0.1, 0.15) is 43.0 Å². The van der Waals surface area contributed by atoms with Crippen molar-refractivity contribution in [1.82, 2.24) is 10.6 Å². The molecule has 25 heavy (non-hydrogen) atoms. The van der Waals surface area contributed by atoms with Gasteiger partial charge in [0, 0.05) is 28.7 Å². The molecule has 134 valence electrons. The van der Waals surface area contributed by atoms with Crippen LogP contribution in [0.2, 0.25) is 0 Å². The van der Waals surface area contributed by atoms with Crippen LogP contribution < -0.4 is 16.0 Å². The standard InChI is InChI=1S/C18H23N3O3S/c1-11(22)12-5-4-6-13(9-12)19-16(23)8-3-2-7-15-17-14(10-25-15)20-18(24)21-17/h4-6,9,14-15,17H,2-3,7-8,10H2,1H3,(H,19,23)(H2,20,21,24)/t14-,15-,17-/m0/s1. The van der Waals surface area contributed by atoms with E-state index in [-0.39, 0.29) is 29.8 Å². The van der Waals surface area contributed by atoms with Crippen LogP contribution in [0, 0.1) is 0 Å². The monoisotopic (exact) mass is 361 g/mol. The molecule has 0 radical (unpaired) electrons. The number of thioether (sulfide) groups is 1. The molecule has 0 aromatic heterocycles. The lowest BCUT2D eigenvalue weighted by Gasteiger charge is -2.16. The van der Waals surface area contributed by atoms with Gasteiger partial charge in [-0.05, 0) is 31.9 Å². The lowest BCUT2D eigenvalue weighted by molar-refractivity contribution is -0.116. The number of hydrogen-bond acceptors (Lipinski definition) is 4. The summed E-state index contributed by atoms with van der Waals surface area (Å²) < 4.78 is 0. The smallest absolute Gasteiger partial charge is 0.315 e. The van der Waals surface area contributed by atoms with Gasteiger partial charge < -0.3 is 16.0 Å². The van der Waals surface area contributed by atoms with E-state index in [4.69, 9.17) is 0 Å². The number of carbonyl (C=O) groups is 3. The SMILES string of the molecule is CC(=O)c1cccc(NC(=O)CCCC[C@@H]2SC[C@@H]3NC(=O)N[C@@H]32)c1. The number of fused-ring (bicyclic) bond motifs is 1. The van der Waals surface area contributed by atoms with Crippen molar-refractivity contribution in [2.24, 2.45) is 0 Å². The second-order valence-corrected chi connectivity index (χ2v) is 7.82. The molecule has 6 nitrogen and oxygen atoms in total. The first-order valence-corrected chi connectivity index (χ1v) is 9.67. The fourth-order valence-corrected chi connectivity index (χ4v) is 4.86. The molecule has 0 aliphatic carbocycles. The van der Waals surface area contributed by atoms with Gasteiger partial charge in [0.2, 0.25) is 5.91 Å². The van der Waals surface area contributed by atoms with Crippen LogP contribution >= 0.6 is 11.8 Å². The summed E-state index contributed by atoms with van der Waals surface area (Å²) in [5, 5.41) is 9.20. The number of Topliss-reactive ketones (excluding diaryl/α,β-unsaturated/α-hetero) is 1. The maximum atomic E-state index is 12.0. The van der Waals surface area contributed by atoms with E-state index in [1.165, 1.54) is 6.92 Å². The van der Waals surface area contributed by atoms with E-state index in [1.54, 1.807) is 24.3 Å². The Balaban J connectivity index is 1.38. The minimum Gasteiger partial charge on any atom is -0.332 e. The minimum absolute atomic E-state index is 0.0167. The van der Waals surface area contributed by atoms with Crippen LogP contribution in [0.15, 0.2) is 24.3 Å². The lowest BCUT2D eigenvalue weighted by Crippen LogP contribution is -2.36. The van der Waals surface area contributed by atoms with Gasteiger partial charge in [-0.2, -0.15) is 11.8 Å². The van der Waals surface area contributed by atoms with Gasteiger partial charge in [0.15, 0.2) is 5.78 Å². The number of hydrogen-bond donors (Lipinski definition) is 3. The second-order valence-electron chi connectivity index (χ2n) is 6.55. The number of nitrogens with one attached hydrogen (secondary N) is 3. The molecule has 1 aromatic carbocycles. The Hall–Kier alpha value is -2.02. The fraction of sp³-hybridized carbons (Fsp3) is 0.500. The first kappa shape index (κ1) is 17.8. The Morgan fingerprint density at radius 2 is 2.12 bits per heavy atom. The molecule has 2 aliphatic heterocycles. The molecule has 0 bridgehead atoms. The van der Waals surface area contributed by atoms with E-state index in [9.17, 15) is 14.4 Å². The van der Waals surface area contributed by atoms with Gasteiger partial charge in [-0.1, -0.05) is 18.6 Å². The first-order valence-electron chi connectivity index (χ1n) is 8.62. The number of ketones is 1. The van der Waals surface area contributed by atoms with Crippen molar-refractivity contribution in [2.75, 3.05) is 11.1 Å². The molecule has 2 saturated heterocycles. The highest BCUT2D eigenvalue weighted by atomic mass is 32.2. The largest absolute Gasteiger partial charge is 0.332 e. The van der Waals surface area contributed by atoms with Crippen molar-refractivity contribution in [3.05, 3.63) is 29.8 Å². The maximum absolute atomic E-state index is 12.0. The zero-order valence-electron chi connectivity index (χ0n) is 14.2. The Kier molecular flexibility index (Phi) is 5.63. The van der Waals surface area contributed by atoms with Gasteiger partial charge in [-0.25, -0.2) is 4.79 Å². The molecule has 3 atom stereocenters. The van der Waals surface area contributed by atoms with Gasteiger partial charge >= 0.3 is 6.03 Å². The molecule has 3 rings (SSSR count). The van der Waals surface area contributed by atoms with Gasteiger partial charge in [0.25, 0.3) is 0 Å². The van der Waals surface area contributed by atoms with E-state index in [0.29, 0.717) is 22.9 Å². The number of urea groups is 1. The summed E-state index contributed by atoms with van der Waals surface area (Å²) in [6.07, 6.45) is 3.23.